The van der Waals surface area contributed by atoms with E-state index in [1.165, 1.54) is 161 Å². The average Bonchev–Trinajstić information content (AvgIpc) is 3.13. The molecular weight excluding hydrogens is 713 g/mol. The lowest BCUT2D eigenvalue weighted by Gasteiger charge is -2.28. The number of carbonyl (C=O) groups excluding carboxylic acids is 2. The lowest BCUT2D eigenvalue weighted by molar-refractivity contribution is -0.870. The van der Waals surface area contributed by atoms with Gasteiger partial charge >= 0.3 is 11.9 Å². The largest absolute Gasteiger partial charge is 0.756 e. The molecule has 328 valence electrons. The van der Waals surface area contributed by atoms with E-state index in [1.807, 2.05) is 21.1 Å². The third-order valence-electron chi connectivity index (χ3n) is 10.4. The lowest BCUT2D eigenvalue weighted by atomic mass is 10.0. The Morgan fingerprint density at radius 2 is 0.818 bits per heavy atom. The minimum absolute atomic E-state index is 0.0261. The lowest BCUT2D eigenvalue weighted by Crippen LogP contribution is -2.37. The number of hydrogen-bond acceptors (Lipinski definition) is 8. The van der Waals surface area contributed by atoms with Crippen LogP contribution in [0.3, 0.4) is 0 Å². The van der Waals surface area contributed by atoms with Crippen LogP contribution in [0.15, 0.2) is 0 Å². The Morgan fingerprint density at radius 1 is 0.491 bits per heavy atom. The number of phosphoric acid groups is 1. The zero-order chi connectivity index (χ0) is 40.7. The molecule has 0 aromatic heterocycles. The van der Waals surface area contributed by atoms with Gasteiger partial charge in [0, 0.05) is 12.8 Å². The van der Waals surface area contributed by atoms with Gasteiger partial charge in [0.05, 0.1) is 27.7 Å². The highest BCUT2D eigenvalue weighted by molar-refractivity contribution is 7.45. The van der Waals surface area contributed by atoms with Crippen LogP contribution in [0.4, 0.5) is 0 Å². The predicted octanol–water partition coefficient (Wildman–Crippen LogP) is 12.6. The van der Waals surface area contributed by atoms with E-state index in [1.54, 1.807) is 0 Å². The summed E-state index contributed by atoms with van der Waals surface area (Å²) in [7, 11) is 1.18. The highest BCUT2D eigenvalue weighted by atomic mass is 31.2. The number of carbonyl (C=O) groups is 2. The number of nitrogens with zero attached hydrogens (tertiary/aromatic N) is 1. The van der Waals surface area contributed by atoms with E-state index < -0.39 is 26.5 Å². The van der Waals surface area contributed by atoms with E-state index in [-0.39, 0.29) is 32.0 Å². The van der Waals surface area contributed by atoms with E-state index >= 15 is 0 Å². The van der Waals surface area contributed by atoms with Crippen molar-refractivity contribution in [2.24, 2.45) is 0 Å². The van der Waals surface area contributed by atoms with Crippen LogP contribution in [0, 0.1) is 0 Å². The summed E-state index contributed by atoms with van der Waals surface area (Å²) < 4.78 is 33.8. The van der Waals surface area contributed by atoms with Gasteiger partial charge in [-0.05, 0) is 12.8 Å². The minimum atomic E-state index is -4.61. The minimum Gasteiger partial charge on any atom is -0.756 e. The molecule has 2 atom stereocenters. The number of phosphoric ester groups is 1. The number of quaternary nitrogens is 1. The molecule has 0 aromatic carbocycles. The first-order valence-electron chi connectivity index (χ1n) is 23.2. The Bertz CT molecular complexity index is 912. The Kier molecular flexibility index (Phi) is 37.8. The van der Waals surface area contributed by atoms with Crippen molar-refractivity contribution in [2.75, 3.05) is 47.5 Å². The van der Waals surface area contributed by atoms with E-state index in [9.17, 15) is 19.0 Å². The van der Waals surface area contributed by atoms with Crippen LogP contribution in [0.1, 0.15) is 226 Å². The van der Waals surface area contributed by atoms with Gasteiger partial charge in [-0.1, -0.05) is 200 Å². The quantitative estimate of drug-likeness (QED) is 0.0259. The van der Waals surface area contributed by atoms with Crippen LogP contribution in [-0.2, 0) is 32.7 Å². The molecule has 0 rings (SSSR count). The number of esters is 2. The first-order chi connectivity index (χ1) is 26.5. The predicted molar refractivity (Wildman–Crippen MR) is 227 cm³/mol. The van der Waals surface area contributed by atoms with Gasteiger partial charge in [0.15, 0.2) is 6.10 Å². The zero-order valence-electron chi connectivity index (χ0n) is 36.9. The number of ether oxygens (including phenoxy) is 2. The molecule has 0 fully saturated rings. The van der Waals surface area contributed by atoms with E-state index in [4.69, 9.17) is 18.5 Å². The second kappa shape index (κ2) is 38.5. The molecule has 0 N–H and O–H groups in total. The normalized spacial score (nSPS) is 13.5. The van der Waals surface area contributed by atoms with Crippen molar-refractivity contribution in [3.05, 3.63) is 0 Å². The fourth-order valence-corrected chi connectivity index (χ4v) is 7.44. The van der Waals surface area contributed by atoms with Gasteiger partial charge in [-0.15, -0.1) is 0 Å². The Hall–Kier alpha value is -0.990. The summed E-state index contributed by atoms with van der Waals surface area (Å²) in [5.41, 5.74) is 0. The first kappa shape index (κ1) is 54.0. The summed E-state index contributed by atoms with van der Waals surface area (Å²) >= 11 is 0. The summed E-state index contributed by atoms with van der Waals surface area (Å²) in [5.74, 6) is -0.827. The van der Waals surface area contributed by atoms with Crippen LogP contribution in [0.2, 0.25) is 0 Å². The van der Waals surface area contributed by atoms with Gasteiger partial charge in [0.2, 0.25) is 0 Å². The molecule has 0 saturated heterocycles. The van der Waals surface area contributed by atoms with Gasteiger partial charge in [-0.2, -0.15) is 0 Å². The second-order valence-electron chi connectivity index (χ2n) is 17.1. The van der Waals surface area contributed by atoms with Crippen molar-refractivity contribution in [1.29, 1.82) is 0 Å². The summed E-state index contributed by atoms with van der Waals surface area (Å²) in [6.07, 6.45) is 38.8. The second-order valence-corrected chi connectivity index (χ2v) is 18.5. The molecule has 0 aliphatic heterocycles. The smallest absolute Gasteiger partial charge is 0.306 e. The Labute approximate surface area is 340 Å². The molecule has 0 aliphatic rings. The fraction of sp³-hybridized carbons (Fsp3) is 0.956. The molecule has 2 unspecified atom stereocenters. The summed E-state index contributed by atoms with van der Waals surface area (Å²) in [4.78, 5) is 37.3. The maximum absolute atomic E-state index is 12.6. The molecular formula is C45H90NO8P. The molecule has 9 nitrogen and oxygen atoms in total. The fourth-order valence-electron chi connectivity index (χ4n) is 6.72. The molecule has 0 spiro atoms. The monoisotopic (exact) mass is 804 g/mol. The SMILES string of the molecule is CCCCCCCCCCCCCCCCCCCCCCCCCCC(=O)OC(COC(=O)CCCCCCCCC)COP(=O)([O-])OCC[N+](C)(C)C. The summed E-state index contributed by atoms with van der Waals surface area (Å²) in [5, 5.41) is 0. The molecule has 0 aliphatic carbocycles. The van der Waals surface area contributed by atoms with Crippen molar-refractivity contribution < 1.29 is 42.1 Å². The number of rotatable bonds is 43. The molecule has 0 radical (unpaired) electrons. The Morgan fingerprint density at radius 3 is 1.16 bits per heavy atom. The summed E-state index contributed by atoms with van der Waals surface area (Å²) in [6, 6.07) is 0. The van der Waals surface area contributed by atoms with Crippen LogP contribution in [0.5, 0.6) is 0 Å². The maximum Gasteiger partial charge on any atom is 0.306 e. The molecule has 55 heavy (non-hydrogen) atoms. The third-order valence-corrected chi connectivity index (χ3v) is 11.3. The average molecular weight is 804 g/mol. The van der Waals surface area contributed by atoms with Crippen LogP contribution in [-0.4, -0.2) is 70.0 Å². The van der Waals surface area contributed by atoms with Crippen LogP contribution in [0.25, 0.3) is 0 Å². The summed E-state index contributed by atoms with van der Waals surface area (Å²) in [6.45, 7) is 4.21. The van der Waals surface area contributed by atoms with Gasteiger partial charge in [0.1, 0.15) is 19.8 Å². The first-order valence-corrected chi connectivity index (χ1v) is 24.7. The van der Waals surface area contributed by atoms with Crippen molar-refractivity contribution >= 4 is 19.8 Å². The van der Waals surface area contributed by atoms with Crippen molar-refractivity contribution in [2.45, 2.75) is 232 Å². The molecule has 0 amide bonds. The molecule has 0 aromatic rings. The van der Waals surface area contributed by atoms with E-state index in [0.29, 0.717) is 17.4 Å². The molecule has 0 heterocycles. The van der Waals surface area contributed by atoms with Gasteiger partial charge < -0.3 is 27.9 Å². The molecule has 0 bridgehead atoms. The number of likely N-dealkylation sites (N-methyl/N-ethyl adjacent to an activating group) is 1. The highest BCUT2D eigenvalue weighted by Crippen LogP contribution is 2.38. The standard InChI is InChI=1S/C45H90NO8P/c1-6-8-10-12-14-15-16-17-18-19-20-21-22-23-24-25-26-27-28-29-30-32-34-36-38-45(48)54-43(42-53-55(49,50)52-40-39-46(3,4)5)41-51-44(47)37-35-33-31-13-11-9-7-2/h43H,6-42H2,1-5H3. The number of unbranched alkanes of at least 4 members (excludes halogenated alkanes) is 29. The Balaban J connectivity index is 4.05. The van der Waals surface area contributed by atoms with Crippen LogP contribution >= 0.6 is 7.82 Å². The van der Waals surface area contributed by atoms with Crippen molar-refractivity contribution in [3.8, 4) is 0 Å². The van der Waals surface area contributed by atoms with Gasteiger partial charge in [-0.3, -0.25) is 14.2 Å². The van der Waals surface area contributed by atoms with Gasteiger partial charge in [0.25, 0.3) is 7.82 Å². The van der Waals surface area contributed by atoms with E-state index in [0.717, 1.165) is 32.1 Å². The number of hydrogen-bond donors (Lipinski definition) is 0. The highest BCUT2D eigenvalue weighted by Gasteiger charge is 2.21. The molecule has 0 saturated carbocycles. The maximum atomic E-state index is 12.6. The zero-order valence-corrected chi connectivity index (χ0v) is 37.8. The third kappa shape index (κ3) is 42.4. The van der Waals surface area contributed by atoms with E-state index in [2.05, 4.69) is 13.8 Å². The molecule has 10 heteroatoms. The van der Waals surface area contributed by atoms with Crippen molar-refractivity contribution in [3.63, 3.8) is 0 Å². The van der Waals surface area contributed by atoms with Gasteiger partial charge in [-0.25, -0.2) is 0 Å². The van der Waals surface area contributed by atoms with Crippen LogP contribution < -0.4 is 4.89 Å². The topological polar surface area (TPSA) is 111 Å². The van der Waals surface area contributed by atoms with Crippen molar-refractivity contribution in [1.82, 2.24) is 0 Å².